The van der Waals surface area contributed by atoms with Crippen LogP contribution in [0.4, 0.5) is 0 Å². The lowest BCUT2D eigenvalue weighted by Crippen LogP contribution is -2.43. The van der Waals surface area contributed by atoms with E-state index in [4.69, 9.17) is 18.9 Å². The highest BCUT2D eigenvalue weighted by atomic mass is 16.5. The Morgan fingerprint density at radius 3 is 2.05 bits per heavy atom. The van der Waals surface area contributed by atoms with Gasteiger partial charge in [-0.1, -0.05) is 61.4 Å². The van der Waals surface area contributed by atoms with Crippen molar-refractivity contribution in [2.45, 2.75) is 85.2 Å². The van der Waals surface area contributed by atoms with Gasteiger partial charge in [-0.05, 0) is 104 Å². The predicted octanol–water partition coefficient (Wildman–Crippen LogP) is 7.98. The molecule has 222 valence electrons. The molecule has 2 aliphatic rings. The quantitative estimate of drug-likeness (QED) is 0.315. The molecule has 2 aromatic carbocycles. The molecule has 0 aliphatic heterocycles. The van der Waals surface area contributed by atoms with Crippen molar-refractivity contribution in [1.29, 1.82) is 0 Å². The van der Waals surface area contributed by atoms with Crippen LogP contribution in [0.25, 0.3) is 0 Å². The van der Waals surface area contributed by atoms with Crippen molar-refractivity contribution in [2.75, 3.05) is 20.8 Å². The lowest BCUT2D eigenvalue weighted by atomic mass is 9.61. The Morgan fingerprint density at radius 1 is 0.829 bits per heavy atom. The summed E-state index contributed by atoms with van der Waals surface area (Å²) in [5, 5.41) is 11.8. The van der Waals surface area contributed by atoms with E-state index in [-0.39, 0.29) is 11.5 Å². The van der Waals surface area contributed by atoms with Crippen molar-refractivity contribution in [3.63, 3.8) is 0 Å². The van der Waals surface area contributed by atoms with Gasteiger partial charge in [0.25, 0.3) is 0 Å². The summed E-state index contributed by atoms with van der Waals surface area (Å²) >= 11 is 0. The molecular weight excluding hydrogens is 512 g/mol. The zero-order chi connectivity index (χ0) is 29.4. The Balaban J connectivity index is 1.68. The number of hydrogen-bond acceptors (Lipinski definition) is 5. The number of allylic oxidation sites excluding steroid dienone is 3. The van der Waals surface area contributed by atoms with Gasteiger partial charge in [-0.3, -0.25) is 0 Å². The summed E-state index contributed by atoms with van der Waals surface area (Å²) in [6.07, 6.45) is 8.34. The molecule has 2 aromatic rings. The number of rotatable bonds is 9. The Bertz CT molecular complexity index is 1220. The minimum absolute atomic E-state index is 0.119. The molecular formula is C36H48O5. The maximum Gasteiger partial charge on any atom is 0.118 e. The standard InChI is InChI=1S/C36H48O5/c1-25-8-7-9-26(2)20-33(37)35-32(24-40-22-28-10-14-30(38-5)15-11-28)36(4,19-18-25)27(3)21-34(35)41-23-29-12-16-31(39-6)17-13-29/h8,10-17,20,27,33-34,37H,7,9,18-19,21-24H2,1-6H3/b25-8+,26-20+/t27-,33+,34-,36+/m1/s1. The molecule has 0 fully saturated rings. The largest absolute Gasteiger partial charge is 0.497 e. The Labute approximate surface area is 246 Å². The van der Waals surface area contributed by atoms with Crippen molar-refractivity contribution in [3.8, 4) is 11.5 Å². The fraction of sp³-hybridized carbons (Fsp3) is 0.500. The van der Waals surface area contributed by atoms with Gasteiger partial charge >= 0.3 is 0 Å². The van der Waals surface area contributed by atoms with Crippen molar-refractivity contribution in [2.24, 2.45) is 11.3 Å². The third kappa shape index (κ3) is 7.91. The first-order valence-electron chi connectivity index (χ1n) is 14.9. The van der Waals surface area contributed by atoms with E-state index in [9.17, 15) is 5.11 Å². The van der Waals surface area contributed by atoms with Crippen molar-refractivity contribution < 1.29 is 24.1 Å². The molecule has 0 spiro atoms. The Hall–Kier alpha value is -2.86. The number of hydrogen-bond donors (Lipinski definition) is 1. The molecule has 5 heteroatoms. The van der Waals surface area contributed by atoms with Crippen molar-refractivity contribution >= 4 is 0 Å². The second-order valence-corrected chi connectivity index (χ2v) is 12.0. The van der Waals surface area contributed by atoms with Crippen LogP contribution in [0, 0.1) is 11.3 Å². The van der Waals surface area contributed by atoms with E-state index < -0.39 is 6.10 Å². The highest BCUT2D eigenvalue weighted by Crippen LogP contribution is 2.50. The highest BCUT2D eigenvalue weighted by Gasteiger charge is 2.45. The zero-order valence-electron chi connectivity index (χ0n) is 25.7. The molecule has 41 heavy (non-hydrogen) atoms. The smallest absolute Gasteiger partial charge is 0.118 e. The average molecular weight is 561 g/mol. The second kappa shape index (κ2) is 14.4. The van der Waals surface area contributed by atoms with Crippen LogP contribution >= 0.6 is 0 Å². The van der Waals surface area contributed by atoms with Gasteiger partial charge in [0, 0.05) is 0 Å². The van der Waals surface area contributed by atoms with Crippen LogP contribution in [0.3, 0.4) is 0 Å². The number of aliphatic hydroxyl groups excluding tert-OH is 1. The fourth-order valence-corrected chi connectivity index (χ4v) is 6.16. The second-order valence-electron chi connectivity index (χ2n) is 12.0. The van der Waals surface area contributed by atoms with Gasteiger partial charge in [-0.25, -0.2) is 0 Å². The van der Waals surface area contributed by atoms with Gasteiger partial charge in [-0.15, -0.1) is 0 Å². The third-order valence-electron chi connectivity index (χ3n) is 9.16. The number of ether oxygens (including phenoxy) is 4. The summed E-state index contributed by atoms with van der Waals surface area (Å²) < 4.78 is 23.7. The van der Waals surface area contributed by atoms with Crippen LogP contribution < -0.4 is 9.47 Å². The highest BCUT2D eigenvalue weighted by molar-refractivity contribution is 5.37. The normalized spacial score (nSPS) is 28.0. The zero-order valence-corrected chi connectivity index (χ0v) is 25.7. The van der Waals surface area contributed by atoms with E-state index >= 15 is 0 Å². The maximum absolute atomic E-state index is 11.8. The molecule has 0 saturated carbocycles. The first kappa shape index (κ1) is 31.1. The Morgan fingerprint density at radius 2 is 1.44 bits per heavy atom. The molecule has 1 N–H and O–H groups in total. The molecule has 5 nitrogen and oxygen atoms in total. The van der Waals surface area contributed by atoms with Crippen molar-refractivity contribution in [3.05, 3.63) is 94.1 Å². The van der Waals surface area contributed by atoms with E-state index in [1.807, 2.05) is 54.6 Å². The molecule has 0 amide bonds. The third-order valence-corrected chi connectivity index (χ3v) is 9.16. The maximum atomic E-state index is 11.8. The van der Waals surface area contributed by atoms with Crippen LogP contribution in [-0.4, -0.2) is 38.1 Å². The van der Waals surface area contributed by atoms with Gasteiger partial charge in [-0.2, -0.15) is 0 Å². The molecule has 4 atom stereocenters. The van der Waals surface area contributed by atoms with E-state index in [0.717, 1.165) is 60.3 Å². The summed E-state index contributed by atoms with van der Waals surface area (Å²) in [6, 6.07) is 16.0. The first-order valence-corrected chi connectivity index (χ1v) is 14.9. The molecule has 0 heterocycles. The lowest BCUT2D eigenvalue weighted by molar-refractivity contribution is -0.0000176. The number of fused-ring (bicyclic) bond motifs is 1. The number of methoxy groups -OCH3 is 2. The summed E-state index contributed by atoms with van der Waals surface area (Å²) in [4.78, 5) is 0. The Kier molecular flexibility index (Phi) is 10.9. The first-order chi connectivity index (χ1) is 19.7. The minimum atomic E-state index is -0.716. The molecule has 4 rings (SSSR count). The van der Waals surface area contributed by atoms with Gasteiger partial charge in [0.05, 0.1) is 46.2 Å². The summed E-state index contributed by atoms with van der Waals surface area (Å²) in [6.45, 7) is 10.5. The van der Waals surface area contributed by atoms with Gasteiger partial charge in [0.2, 0.25) is 0 Å². The fourth-order valence-electron chi connectivity index (χ4n) is 6.16. The van der Waals surface area contributed by atoms with Crippen LogP contribution in [0.1, 0.15) is 70.9 Å². The topological polar surface area (TPSA) is 57.2 Å². The van der Waals surface area contributed by atoms with Gasteiger partial charge in [0.15, 0.2) is 0 Å². The molecule has 2 aliphatic carbocycles. The van der Waals surface area contributed by atoms with Crippen LogP contribution in [-0.2, 0) is 22.7 Å². The van der Waals surface area contributed by atoms with E-state index in [1.165, 1.54) is 16.7 Å². The molecule has 0 radical (unpaired) electrons. The van der Waals surface area contributed by atoms with E-state index in [0.29, 0.717) is 25.7 Å². The van der Waals surface area contributed by atoms with Gasteiger partial charge in [0.1, 0.15) is 11.5 Å². The van der Waals surface area contributed by atoms with Crippen LogP contribution in [0.15, 0.2) is 83.0 Å². The lowest BCUT2D eigenvalue weighted by Gasteiger charge is -2.47. The van der Waals surface area contributed by atoms with Crippen molar-refractivity contribution in [1.82, 2.24) is 0 Å². The average Bonchev–Trinajstić information content (AvgIpc) is 2.97. The van der Waals surface area contributed by atoms with E-state index in [1.54, 1.807) is 14.2 Å². The van der Waals surface area contributed by atoms with E-state index in [2.05, 4.69) is 33.8 Å². The summed E-state index contributed by atoms with van der Waals surface area (Å²) in [5.74, 6) is 2.02. The molecule has 0 unspecified atom stereocenters. The molecule has 0 aromatic heterocycles. The van der Waals surface area contributed by atoms with Crippen LogP contribution in [0.5, 0.6) is 11.5 Å². The molecule has 0 saturated heterocycles. The summed E-state index contributed by atoms with van der Waals surface area (Å²) in [7, 11) is 3.35. The van der Waals surface area contributed by atoms with Crippen LogP contribution in [0.2, 0.25) is 0 Å². The number of benzene rings is 2. The monoisotopic (exact) mass is 560 g/mol. The molecule has 2 bridgehead atoms. The number of aliphatic hydroxyl groups is 1. The predicted molar refractivity (Wildman–Crippen MR) is 165 cm³/mol. The van der Waals surface area contributed by atoms with Gasteiger partial charge < -0.3 is 24.1 Å². The summed E-state index contributed by atoms with van der Waals surface area (Å²) in [5.41, 5.74) is 6.86. The minimum Gasteiger partial charge on any atom is -0.497 e. The SMILES string of the molecule is COc1ccc(COCC2=C3[C@@H](O)/C=C(\C)CC/C=C(\C)CC[C@@]2(C)[C@H](C)C[C@H]3OCc2ccc(OC)cc2)cc1.